The van der Waals surface area contributed by atoms with Crippen LogP contribution in [-0.2, 0) is 0 Å². The van der Waals surface area contributed by atoms with E-state index in [0.717, 1.165) is 10.0 Å². The number of hydrogen-bond acceptors (Lipinski definition) is 5. The number of aromatic nitrogens is 3. The van der Waals surface area contributed by atoms with Crippen LogP contribution in [0.25, 0.3) is 22.8 Å². The normalized spacial score (nSPS) is 10.5. The molecule has 2 aromatic carbocycles. The number of H-pyrrole nitrogens is 1. The molecule has 0 atom stereocenters. The summed E-state index contributed by atoms with van der Waals surface area (Å²) < 4.78 is 5.95. The van der Waals surface area contributed by atoms with E-state index < -0.39 is 4.92 Å². The Balaban J connectivity index is 1.98. The summed E-state index contributed by atoms with van der Waals surface area (Å²) in [7, 11) is 1.39. The van der Waals surface area contributed by atoms with Crippen LogP contribution in [0.3, 0.4) is 0 Å². The predicted molar refractivity (Wildman–Crippen MR) is 88.2 cm³/mol. The first-order valence-corrected chi connectivity index (χ1v) is 7.39. The lowest BCUT2D eigenvalue weighted by Gasteiger charge is -2.02. The standard InChI is InChI=1S/C15H11BrN4O3/c1-23-13-7-4-10(8-12(13)20(21)22)15-17-14(18-19-15)9-2-5-11(16)6-3-9/h2-8H,1H3,(H,17,18,19). The van der Waals surface area contributed by atoms with E-state index in [1.54, 1.807) is 6.07 Å². The van der Waals surface area contributed by atoms with Crippen molar-refractivity contribution in [2.45, 2.75) is 0 Å². The van der Waals surface area contributed by atoms with Crippen LogP contribution in [0.5, 0.6) is 5.75 Å². The zero-order valence-electron chi connectivity index (χ0n) is 12.0. The van der Waals surface area contributed by atoms with Gasteiger partial charge in [0.15, 0.2) is 17.4 Å². The highest BCUT2D eigenvalue weighted by molar-refractivity contribution is 9.10. The van der Waals surface area contributed by atoms with Gasteiger partial charge in [0.25, 0.3) is 0 Å². The van der Waals surface area contributed by atoms with Gasteiger partial charge in [0.1, 0.15) is 0 Å². The number of benzene rings is 2. The molecule has 0 fully saturated rings. The van der Waals surface area contributed by atoms with Gasteiger partial charge in [-0.25, -0.2) is 4.98 Å². The van der Waals surface area contributed by atoms with Gasteiger partial charge in [-0.05, 0) is 24.3 Å². The van der Waals surface area contributed by atoms with E-state index in [1.807, 2.05) is 24.3 Å². The second kappa shape index (κ2) is 6.17. The zero-order valence-corrected chi connectivity index (χ0v) is 13.6. The molecule has 3 rings (SSSR count). The van der Waals surface area contributed by atoms with E-state index in [0.29, 0.717) is 17.2 Å². The van der Waals surface area contributed by atoms with Gasteiger partial charge >= 0.3 is 5.69 Å². The Labute approximate surface area is 139 Å². The Morgan fingerprint density at radius 1 is 1.17 bits per heavy atom. The number of nitro groups is 1. The first kappa shape index (κ1) is 15.2. The van der Waals surface area contributed by atoms with Crippen molar-refractivity contribution >= 4 is 21.6 Å². The maximum Gasteiger partial charge on any atom is 0.311 e. The third kappa shape index (κ3) is 3.07. The van der Waals surface area contributed by atoms with Gasteiger partial charge < -0.3 is 4.74 Å². The number of nitrogens with one attached hydrogen (secondary N) is 1. The van der Waals surface area contributed by atoms with E-state index in [-0.39, 0.29) is 11.4 Å². The Morgan fingerprint density at radius 3 is 2.52 bits per heavy atom. The summed E-state index contributed by atoms with van der Waals surface area (Å²) >= 11 is 3.37. The third-order valence-corrected chi connectivity index (χ3v) is 3.77. The van der Waals surface area contributed by atoms with Gasteiger partial charge in [-0.3, -0.25) is 15.2 Å². The van der Waals surface area contributed by atoms with Crippen molar-refractivity contribution in [3.05, 3.63) is 57.1 Å². The molecule has 3 aromatic rings. The second-order valence-corrected chi connectivity index (χ2v) is 5.57. The van der Waals surface area contributed by atoms with Crippen LogP contribution in [0.4, 0.5) is 5.69 Å². The Bertz CT molecular complexity index is 861. The Morgan fingerprint density at radius 2 is 1.87 bits per heavy atom. The number of rotatable bonds is 4. The fourth-order valence-electron chi connectivity index (χ4n) is 2.10. The van der Waals surface area contributed by atoms with E-state index in [2.05, 4.69) is 31.1 Å². The molecule has 0 saturated carbocycles. The molecule has 0 amide bonds. The summed E-state index contributed by atoms with van der Waals surface area (Å²) in [4.78, 5) is 15.0. The average molecular weight is 375 g/mol. The van der Waals surface area contributed by atoms with E-state index in [9.17, 15) is 10.1 Å². The van der Waals surface area contributed by atoms with Crippen LogP contribution in [0, 0.1) is 10.1 Å². The molecule has 0 bridgehead atoms. The fraction of sp³-hybridized carbons (Fsp3) is 0.0667. The highest BCUT2D eigenvalue weighted by Gasteiger charge is 2.17. The van der Waals surface area contributed by atoms with Crippen molar-refractivity contribution in [2.24, 2.45) is 0 Å². The van der Waals surface area contributed by atoms with Gasteiger partial charge in [0.05, 0.1) is 12.0 Å². The van der Waals surface area contributed by atoms with Crippen LogP contribution in [0.15, 0.2) is 46.9 Å². The maximum absolute atomic E-state index is 11.1. The second-order valence-electron chi connectivity index (χ2n) is 4.66. The largest absolute Gasteiger partial charge is 0.490 e. The SMILES string of the molecule is COc1ccc(-c2n[nH]c(-c3ccc(Br)cc3)n2)cc1[N+](=O)[O-]. The molecule has 116 valence electrons. The zero-order chi connectivity index (χ0) is 16.4. The van der Waals surface area contributed by atoms with Gasteiger partial charge in [-0.15, -0.1) is 0 Å². The summed E-state index contributed by atoms with van der Waals surface area (Å²) in [5.41, 5.74) is 1.28. The molecular weight excluding hydrogens is 364 g/mol. The molecular formula is C15H11BrN4O3. The lowest BCUT2D eigenvalue weighted by Crippen LogP contribution is -1.94. The molecule has 23 heavy (non-hydrogen) atoms. The minimum atomic E-state index is -0.495. The van der Waals surface area contributed by atoms with Crippen molar-refractivity contribution in [3.63, 3.8) is 0 Å². The molecule has 8 heteroatoms. The van der Waals surface area contributed by atoms with Crippen molar-refractivity contribution < 1.29 is 9.66 Å². The minimum absolute atomic E-state index is 0.125. The average Bonchev–Trinajstić information content (AvgIpc) is 3.04. The molecule has 1 heterocycles. The highest BCUT2D eigenvalue weighted by atomic mass is 79.9. The molecule has 0 saturated heterocycles. The van der Waals surface area contributed by atoms with E-state index in [1.165, 1.54) is 19.2 Å². The molecule has 1 aromatic heterocycles. The third-order valence-electron chi connectivity index (χ3n) is 3.24. The van der Waals surface area contributed by atoms with Crippen LogP contribution < -0.4 is 4.74 Å². The minimum Gasteiger partial charge on any atom is -0.490 e. The molecule has 0 aliphatic carbocycles. The molecule has 0 spiro atoms. The van der Waals surface area contributed by atoms with Crippen molar-refractivity contribution in [3.8, 4) is 28.5 Å². The maximum atomic E-state index is 11.1. The Kier molecular flexibility index (Phi) is 4.07. The summed E-state index contributed by atoms with van der Waals surface area (Å²) in [5.74, 6) is 1.17. The van der Waals surface area contributed by atoms with Gasteiger partial charge in [-0.1, -0.05) is 28.1 Å². The molecule has 1 N–H and O–H groups in total. The summed E-state index contributed by atoms with van der Waals surface area (Å²) in [5, 5.41) is 18.1. The number of aromatic amines is 1. The summed E-state index contributed by atoms with van der Waals surface area (Å²) in [6.45, 7) is 0. The highest BCUT2D eigenvalue weighted by Crippen LogP contribution is 2.31. The number of hydrogen-bond donors (Lipinski definition) is 1. The number of methoxy groups -OCH3 is 1. The van der Waals surface area contributed by atoms with Crippen LogP contribution >= 0.6 is 15.9 Å². The lowest BCUT2D eigenvalue weighted by molar-refractivity contribution is -0.385. The van der Waals surface area contributed by atoms with Crippen molar-refractivity contribution in [1.82, 2.24) is 15.2 Å². The van der Waals surface area contributed by atoms with Crippen LogP contribution in [0.1, 0.15) is 0 Å². The fourth-order valence-corrected chi connectivity index (χ4v) is 2.36. The monoisotopic (exact) mass is 374 g/mol. The summed E-state index contributed by atoms with van der Waals surface area (Å²) in [6, 6.07) is 12.2. The van der Waals surface area contributed by atoms with Crippen molar-refractivity contribution in [2.75, 3.05) is 7.11 Å². The predicted octanol–water partition coefficient (Wildman–Crippen LogP) is 3.82. The van der Waals surface area contributed by atoms with E-state index >= 15 is 0 Å². The van der Waals surface area contributed by atoms with Crippen LogP contribution in [-0.4, -0.2) is 27.2 Å². The molecule has 0 aliphatic heterocycles. The number of halogens is 1. The molecule has 0 radical (unpaired) electrons. The lowest BCUT2D eigenvalue weighted by atomic mass is 10.1. The smallest absolute Gasteiger partial charge is 0.311 e. The molecule has 0 unspecified atom stereocenters. The molecule has 7 nitrogen and oxygen atoms in total. The number of nitrogens with zero attached hydrogens (tertiary/aromatic N) is 3. The number of nitro benzene ring substituents is 1. The van der Waals surface area contributed by atoms with Gasteiger partial charge in [0.2, 0.25) is 0 Å². The van der Waals surface area contributed by atoms with Crippen molar-refractivity contribution in [1.29, 1.82) is 0 Å². The topological polar surface area (TPSA) is 93.9 Å². The van der Waals surface area contributed by atoms with Gasteiger partial charge in [0, 0.05) is 21.7 Å². The summed E-state index contributed by atoms with van der Waals surface area (Å²) in [6.07, 6.45) is 0. The quantitative estimate of drug-likeness (QED) is 0.553. The van der Waals surface area contributed by atoms with Gasteiger partial charge in [-0.2, -0.15) is 5.10 Å². The first-order valence-electron chi connectivity index (χ1n) is 6.59. The Hall–Kier alpha value is -2.74. The van der Waals surface area contributed by atoms with Crippen LogP contribution in [0.2, 0.25) is 0 Å². The number of ether oxygens (including phenoxy) is 1. The molecule has 0 aliphatic rings. The van der Waals surface area contributed by atoms with E-state index in [4.69, 9.17) is 4.74 Å². The first-order chi connectivity index (χ1) is 11.1.